The Hall–Kier alpha value is -1.94. The second-order valence-corrected chi connectivity index (χ2v) is 13.4. The quantitative estimate of drug-likeness (QED) is 0.520. The number of carbonyl (C=O) groups excluding carboxylic acids is 1. The van der Waals surface area contributed by atoms with Crippen LogP contribution in [0.2, 0.25) is 0 Å². The molecule has 1 aromatic carbocycles. The second kappa shape index (κ2) is 12.1. The maximum Gasteiger partial charge on any atom is 0.244 e. The van der Waals surface area contributed by atoms with Crippen molar-refractivity contribution in [3.8, 4) is 0 Å². The lowest BCUT2D eigenvalue weighted by molar-refractivity contribution is -0.121. The van der Waals surface area contributed by atoms with Gasteiger partial charge in [-0.2, -0.15) is 4.31 Å². The molecule has 0 radical (unpaired) electrons. The molecule has 1 saturated carbocycles. The summed E-state index contributed by atoms with van der Waals surface area (Å²) in [5.41, 5.74) is 1.23. The van der Waals surface area contributed by atoms with Crippen LogP contribution in [0.5, 0.6) is 0 Å². The van der Waals surface area contributed by atoms with Crippen LogP contribution in [0.3, 0.4) is 0 Å². The van der Waals surface area contributed by atoms with Gasteiger partial charge in [0, 0.05) is 45.0 Å². The third-order valence-electron chi connectivity index (χ3n) is 7.63. The van der Waals surface area contributed by atoms with Gasteiger partial charge in [0.05, 0.1) is 10.3 Å². The Balaban J connectivity index is 1.29. The molecular formula is C27H38N4O3S2. The van der Waals surface area contributed by atoms with Gasteiger partial charge in [-0.15, -0.1) is 0 Å². The van der Waals surface area contributed by atoms with Crippen molar-refractivity contribution in [2.75, 3.05) is 26.2 Å². The highest BCUT2D eigenvalue weighted by Gasteiger charge is 2.31. The van der Waals surface area contributed by atoms with Gasteiger partial charge in [0.1, 0.15) is 4.90 Å². The topological polar surface area (TPSA) is 82.6 Å². The van der Waals surface area contributed by atoms with E-state index in [2.05, 4.69) is 41.2 Å². The van der Waals surface area contributed by atoms with Crippen molar-refractivity contribution in [1.29, 1.82) is 0 Å². The molecule has 1 saturated heterocycles. The lowest BCUT2D eigenvalue weighted by Crippen LogP contribution is -2.48. The Morgan fingerprint density at radius 1 is 1.08 bits per heavy atom. The molecule has 1 amide bonds. The molecule has 0 bridgehead atoms. The van der Waals surface area contributed by atoms with Crippen molar-refractivity contribution in [2.45, 2.75) is 67.8 Å². The average molecular weight is 531 g/mol. The molecule has 1 aliphatic heterocycles. The normalized spacial score (nSPS) is 24.8. The van der Waals surface area contributed by atoms with E-state index in [4.69, 9.17) is 0 Å². The third-order valence-corrected chi connectivity index (χ3v) is 10.6. The number of pyridine rings is 1. The van der Waals surface area contributed by atoms with E-state index in [0.29, 0.717) is 43.0 Å². The summed E-state index contributed by atoms with van der Waals surface area (Å²) in [5.74, 6) is 1.11. The van der Waals surface area contributed by atoms with Crippen LogP contribution >= 0.6 is 11.8 Å². The predicted octanol–water partition coefficient (Wildman–Crippen LogP) is 4.01. The van der Waals surface area contributed by atoms with Crippen LogP contribution in [0.15, 0.2) is 58.6 Å². The van der Waals surface area contributed by atoms with Gasteiger partial charge in [0.2, 0.25) is 15.9 Å². The fourth-order valence-corrected chi connectivity index (χ4v) is 7.19. The maximum atomic E-state index is 13.2. The zero-order chi connectivity index (χ0) is 25.7. The van der Waals surface area contributed by atoms with Crippen LogP contribution < -0.4 is 5.32 Å². The lowest BCUT2D eigenvalue weighted by atomic mass is 9.78. The van der Waals surface area contributed by atoms with Crippen molar-refractivity contribution in [3.05, 3.63) is 54.2 Å². The van der Waals surface area contributed by atoms with Gasteiger partial charge in [-0.25, -0.2) is 13.4 Å². The molecule has 7 nitrogen and oxygen atoms in total. The van der Waals surface area contributed by atoms with E-state index < -0.39 is 10.0 Å². The number of rotatable bonds is 8. The van der Waals surface area contributed by atoms with E-state index in [-0.39, 0.29) is 22.1 Å². The number of thioether (sulfide) groups is 1. The Morgan fingerprint density at radius 3 is 2.47 bits per heavy atom. The molecule has 2 fully saturated rings. The summed E-state index contributed by atoms with van der Waals surface area (Å²) >= 11 is 1.36. The fraction of sp³-hybridized carbons (Fsp3) is 0.556. The highest BCUT2D eigenvalue weighted by atomic mass is 32.2. The second-order valence-electron chi connectivity index (χ2n) is 10.1. The summed E-state index contributed by atoms with van der Waals surface area (Å²) < 4.78 is 27.9. The molecule has 2 aromatic rings. The molecule has 4 rings (SSSR count). The monoisotopic (exact) mass is 530 g/mol. The van der Waals surface area contributed by atoms with E-state index in [1.165, 1.54) is 29.9 Å². The number of aromatic nitrogens is 1. The first-order chi connectivity index (χ1) is 17.2. The van der Waals surface area contributed by atoms with Gasteiger partial charge in [-0.3, -0.25) is 9.69 Å². The number of nitrogens with one attached hydrogen (secondary N) is 1. The summed E-state index contributed by atoms with van der Waals surface area (Å²) in [6.45, 7) is 9.48. The zero-order valence-corrected chi connectivity index (χ0v) is 23.1. The molecular weight excluding hydrogens is 492 g/mol. The fourth-order valence-electron chi connectivity index (χ4n) is 5.03. The molecule has 0 unspecified atom stereocenters. The smallest absolute Gasteiger partial charge is 0.244 e. The van der Waals surface area contributed by atoms with Crippen molar-refractivity contribution < 1.29 is 13.2 Å². The van der Waals surface area contributed by atoms with E-state index in [0.717, 1.165) is 19.4 Å². The van der Waals surface area contributed by atoms with Crippen LogP contribution in [0.1, 0.15) is 45.6 Å². The van der Waals surface area contributed by atoms with Crippen LogP contribution in [-0.2, 0) is 21.4 Å². The number of nitrogens with zero attached hydrogens (tertiary/aromatic N) is 3. The van der Waals surface area contributed by atoms with Gasteiger partial charge in [0.25, 0.3) is 0 Å². The first-order valence-corrected chi connectivity index (χ1v) is 15.3. The maximum absolute atomic E-state index is 13.2. The van der Waals surface area contributed by atoms with Gasteiger partial charge in [-0.1, -0.05) is 68.8 Å². The summed E-state index contributed by atoms with van der Waals surface area (Å²) in [5, 5.41) is 3.57. The van der Waals surface area contributed by atoms with Gasteiger partial charge >= 0.3 is 0 Å². The zero-order valence-electron chi connectivity index (χ0n) is 21.5. The van der Waals surface area contributed by atoms with Gasteiger partial charge in [-0.05, 0) is 42.9 Å². The van der Waals surface area contributed by atoms with E-state index in [9.17, 15) is 13.2 Å². The molecule has 36 heavy (non-hydrogen) atoms. The van der Waals surface area contributed by atoms with Crippen molar-refractivity contribution >= 4 is 27.7 Å². The minimum absolute atomic E-state index is 0.0119. The van der Waals surface area contributed by atoms with Crippen molar-refractivity contribution in [2.24, 2.45) is 11.8 Å². The Labute approximate surface area is 220 Å². The molecule has 4 atom stereocenters. The van der Waals surface area contributed by atoms with Crippen LogP contribution in [0.4, 0.5) is 0 Å². The SMILES string of the molecule is C[C@@H]1[C@H](C)CCC[C@H]1NC(=O)[C@H](C)Sc1ccc(S(=O)(=O)N2CCN(Cc3ccccc3)CC2)cn1. The van der Waals surface area contributed by atoms with E-state index >= 15 is 0 Å². The minimum Gasteiger partial charge on any atom is -0.352 e. The summed E-state index contributed by atoms with van der Waals surface area (Å²) in [6.07, 6.45) is 4.82. The number of piperazine rings is 1. The van der Waals surface area contributed by atoms with Gasteiger partial charge in [0.15, 0.2) is 0 Å². The molecule has 0 spiro atoms. The standard InChI is InChI=1S/C27H38N4O3S2/c1-20-8-7-11-25(21(20)2)29-27(32)22(3)35-26-13-12-24(18-28-26)36(33,34)31-16-14-30(15-17-31)19-23-9-5-4-6-10-23/h4-6,9-10,12-13,18,20-22,25H,7-8,11,14-17,19H2,1-3H3,(H,29,32)/t20-,21-,22+,25-/m1/s1. The van der Waals surface area contributed by atoms with Gasteiger partial charge < -0.3 is 5.32 Å². The number of hydrogen-bond donors (Lipinski definition) is 1. The number of carbonyl (C=O) groups is 1. The summed E-state index contributed by atoms with van der Waals surface area (Å²) in [6, 6.07) is 13.8. The van der Waals surface area contributed by atoms with E-state index in [1.54, 1.807) is 16.4 Å². The molecule has 196 valence electrons. The first kappa shape index (κ1) is 27.1. The Morgan fingerprint density at radius 2 is 1.81 bits per heavy atom. The average Bonchev–Trinajstić information content (AvgIpc) is 2.88. The number of amides is 1. The molecule has 9 heteroatoms. The molecule has 1 aliphatic carbocycles. The molecule has 2 aliphatic rings. The van der Waals surface area contributed by atoms with Crippen molar-refractivity contribution in [1.82, 2.24) is 19.5 Å². The molecule has 1 aromatic heterocycles. The predicted molar refractivity (Wildman–Crippen MR) is 144 cm³/mol. The Bertz CT molecular complexity index is 1100. The van der Waals surface area contributed by atoms with Crippen molar-refractivity contribution in [3.63, 3.8) is 0 Å². The minimum atomic E-state index is -3.59. The molecule has 2 heterocycles. The van der Waals surface area contributed by atoms with Crippen LogP contribution in [0, 0.1) is 11.8 Å². The lowest BCUT2D eigenvalue weighted by Gasteiger charge is -2.35. The van der Waals surface area contributed by atoms with E-state index in [1.807, 2.05) is 25.1 Å². The summed E-state index contributed by atoms with van der Waals surface area (Å²) in [4.78, 5) is 19.6. The number of sulfonamides is 1. The Kier molecular flexibility index (Phi) is 9.09. The van der Waals surface area contributed by atoms with Crippen LogP contribution in [-0.4, -0.2) is 66.0 Å². The number of hydrogen-bond acceptors (Lipinski definition) is 6. The summed E-state index contributed by atoms with van der Waals surface area (Å²) in [7, 11) is -3.59. The number of benzene rings is 1. The highest BCUT2D eigenvalue weighted by Crippen LogP contribution is 2.30. The third kappa shape index (κ3) is 6.68. The van der Waals surface area contributed by atoms with Crippen LogP contribution in [0.25, 0.3) is 0 Å². The largest absolute Gasteiger partial charge is 0.352 e. The highest BCUT2D eigenvalue weighted by molar-refractivity contribution is 8.00. The molecule has 1 N–H and O–H groups in total. The first-order valence-electron chi connectivity index (χ1n) is 12.9.